The Morgan fingerprint density at radius 3 is 2.67 bits per heavy atom. The molecule has 0 bridgehead atoms. The van der Waals surface area contributed by atoms with Crippen molar-refractivity contribution in [1.29, 1.82) is 0 Å². The van der Waals surface area contributed by atoms with Crippen molar-refractivity contribution in [2.24, 2.45) is 5.41 Å². The van der Waals surface area contributed by atoms with Gasteiger partial charge in [-0.25, -0.2) is 0 Å². The van der Waals surface area contributed by atoms with Crippen LogP contribution in [-0.2, 0) is 6.42 Å². The molecule has 1 N–H and O–H groups in total. The summed E-state index contributed by atoms with van der Waals surface area (Å²) in [6.45, 7) is 2.25. The minimum Gasteiger partial charge on any atom is -0.393 e. The number of hydrogen-bond acceptors (Lipinski definition) is 1. The summed E-state index contributed by atoms with van der Waals surface area (Å²) in [5.74, 6) is 0.611. The lowest BCUT2D eigenvalue weighted by Crippen LogP contribution is -2.35. The molecule has 2 unspecified atom stereocenters. The monoisotopic (exact) mass is 244 g/mol. The Morgan fingerprint density at radius 2 is 2.00 bits per heavy atom. The minimum absolute atomic E-state index is 0.0941. The molecular weight excluding hydrogens is 220 g/mol. The van der Waals surface area contributed by atoms with Crippen molar-refractivity contribution in [2.75, 3.05) is 0 Å². The van der Waals surface area contributed by atoms with E-state index in [1.54, 1.807) is 0 Å². The summed E-state index contributed by atoms with van der Waals surface area (Å²) in [5.41, 5.74) is 3.22. The first-order chi connectivity index (χ1) is 8.75. The Bertz CT molecular complexity index is 417. The van der Waals surface area contributed by atoms with Crippen LogP contribution in [0.4, 0.5) is 0 Å². The van der Waals surface area contributed by atoms with Crippen molar-refractivity contribution >= 4 is 0 Å². The van der Waals surface area contributed by atoms with Crippen molar-refractivity contribution in [1.82, 2.24) is 0 Å². The van der Waals surface area contributed by atoms with E-state index in [-0.39, 0.29) is 11.5 Å². The average Bonchev–Trinajstić information content (AvgIpc) is 2.86. The second-order valence-corrected chi connectivity index (χ2v) is 6.27. The van der Waals surface area contributed by atoms with E-state index in [0.717, 1.165) is 12.8 Å². The highest BCUT2D eigenvalue weighted by Crippen LogP contribution is 2.48. The number of rotatable bonds is 4. The van der Waals surface area contributed by atoms with Crippen molar-refractivity contribution < 1.29 is 5.11 Å². The van der Waals surface area contributed by atoms with Gasteiger partial charge in [-0.1, -0.05) is 44.0 Å². The van der Waals surface area contributed by atoms with E-state index in [1.165, 1.54) is 43.2 Å². The first-order valence-electron chi connectivity index (χ1n) is 7.51. The fraction of sp³-hybridized carbons (Fsp3) is 0.647. The summed E-state index contributed by atoms with van der Waals surface area (Å²) in [6, 6.07) is 8.71. The maximum Gasteiger partial charge on any atom is 0.0602 e. The average molecular weight is 244 g/mol. The van der Waals surface area contributed by atoms with E-state index in [1.807, 2.05) is 0 Å². The zero-order valence-electron chi connectivity index (χ0n) is 11.4. The number of fused-ring (bicyclic) bond motifs is 1. The maximum absolute atomic E-state index is 10.7. The highest BCUT2D eigenvalue weighted by molar-refractivity contribution is 5.39. The molecule has 0 spiro atoms. The number of hydrogen-bond donors (Lipinski definition) is 1. The number of benzene rings is 1. The first kappa shape index (κ1) is 12.2. The lowest BCUT2D eigenvalue weighted by atomic mass is 9.69. The Kier molecular flexibility index (Phi) is 3.19. The highest BCUT2D eigenvalue weighted by atomic mass is 16.3. The quantitative estimate of drug-likeness (QED) is 0.847. The first-order valence-corrected chi connectivity index (χ1v) is 7.51. The molecule has 1 fully saturated rings. The van der Waals surface area contributed by atoms with Gasteiger partial charge in [-0.15, -0.1) is 0 Å². The van der Waals surface area contributed by atoms with Gasteiger partial charge < -0.3 is 5.11 Å². The summed E-state index contributed by atoms with van der Waals surface area (Å²) in [6.07, 6.45) is 8.29. The third-order valence-electron chi connectivity index (χ3n) is 5.48. The van der Waals surface area contributed by atoms with Gasteiger partial charge >= 0.3 is 0 Å². The van der Waals surface area contributed by atoms with E-state index in [9.17, 15) is 5.11 Å². The molecule has 0 amide bonds. The Labute approximate surface area is 110 Å². The SMILES string of the molecule is CCC1(C(O)CC2Cc3ccccc32)CCCC1. The molecule has 2 atom stereocenters. The molecule has 1 nitrogen and oxygen atoms in total. The zero-order valence-corrected chi connectivity index (χ0v) is 11.4. The number of aliphatic hydroxyl groups is 1. The smallest absolute Gasteiger partial charge is 0.0602 e. The van der Waals surface area contributed by atoms with E-state index < -0.39 is 0 Å². The van der Waals surface area contributed by atoms with Crippen LogP contribution in [0.25, 0.3) is 0 Å². The van der Waals surface area contributed by atoms with Gasteiger partial charge in [0.15, 0.2) is 0 Å². The van der Waals surface area contributed by atoms with Gasteiger partial charge in [-0.05, 0) is 54.6 Å². The summed E-state index contributed by atoms with van der Waals surface area (Å²) < 4.78 is 0. The normalized spacial score (nSPS) is 26.4. The van der Waals surface area contributed by atoms with Crippen molar-refractivity contribution in [3.8, 4) is 0 Å². The second kappa shape index (κ2) is 4.70. The second-order valence-electron chi connectivity index (χ2n) is 6.27. The Hall–Kier alpha value is -0.820. The lowest BCUT2D eigenvalue weighted by Gasteiger charge is -2.38. The molecule has 1 aromatic carbocycles. The molecule has 98 valence electrons. The zero-order chi connectivity index (χ0) is 12.6. The van der Waals surface area contributed by atoms with E-state index in [0.29, 0.717) is 5.92 Å². The fourth-order valence-electron chi connectivity index (χ4n) is 4.09. The van der Waals surface area contributed by atoms with Gasteiger partial charge in [0.25, 0.3) is 0 Å². The van der Waals surface area contributed by atoms with E-state index >= 15 is 0 Å². The number of aliphatic hydroxyl groups excluding tert-OH is 1. The van der Waals surface area contributed by atoms with Crippen molar-refractivity contribution in [3.63, 3.8) is 0 Å². The molecule has 18 heavy (non-hydrogen) atoms. The van der Waals surface area contributed by atoms with Crippen LogP contribution in [0.1, 0.15) is 62.5 Å². The minimum atomic E-state index is -0.0941. The molecule has 0 radical (unpaired) electrons. The summed E-state index contributed by atoms with van der Waals surface area (Å²) in [4.78, 5) is 0. The van der Waals surface area contributed by atoms with Gasteiger partial charge in [0, 0.05) is 0 Å². The molecule has 3 rings (SSSR count). The molecule has 2 aliphatic carbocycles. The van der Waals surface area contributed by atoms with Gasteiger partial charge in [-0.2, -0.15) is 0 Å². The van der Waals surface area contributed by atoms with Crippen LogP contribution in [0.5, 0.6) is 0 Å². The topological polar surface area (TPSA) is 20.2 Å². The molecule has 1 aromatic rings. The molecule has 0 aliphatic heterocycles. The van der Waals surface area contributed by atoms with Crippen LogP contribution in [0.15, 0.2) is 24.3 Å². The van der Waals surface area contributed by atoms with Gasteiger partial charge in [0.1, 0.15) is 0 Å². The van der Waals surface area contributed by atoms with Crippen LogP contribution in [0.2, 0.25) is 0 Å². The van der Waals surface area contributed by atoms with Crippen LogP contribution >= 0.6 is 0 Å². The fourth-order valence-corrected chi connectivity index (χ4v) is 4.09. The predicted octanol–water partition coefficient (Wildman–Crippen LogP) is 4.05. The molecule has 2 aliphatic rings. The predicted molar refractivity (Wildman–Crippen MR) is 74.7 cm³/mol. The molecule has 0 saturated heterocycles. The van der Waals surface area contributed by atoms with Crippen LogP contribution in [0, 0.1) is 5.41 Å². The van der Waals surface area contributed by atoms with E-state index in [4.69, 9.17) is 0 Å². The standard InChI is InChI=1S/C17H24O/c1-2-17(9-5-6-10-17)16(18)12-14-11-13-7-3-4-8-15(13)14/h3-4,7-8,14,16,18H,2,5-6,9-12H2,1H3. The largest absolute Gasteiger partial charge is 0.393 e. The van der Waals surface area contributed by atoms with Crippen molar-refractivity contribution in [3.05, 3.63) is 35.4 Å². The van der Waals surface area contributed by atoms with Crippen LogP contribution in [0.3, 0.4) is 0 Å². The Balaban J connectivity index is 1.67. The third kappa shape index (κ3) is 1.89. The molecule has 1 heteroatoms. The van der Waals surface area contributed by atoms with Crippen LogP contribution in [-0.4, -0.2) is 11.2 Å². The third-order valence-corrected chi connectivity index (χ3v) is 5.48. The van der Waals surface area contributed by atoms with Crippen molar-refractivity contribution in [2.45, 2.75) is 63.9 Å². The van der Waals surface area contributed by atoms with Gasteiger partial charge in [0.05, 0.1) is 6.10 Å². The highest BCUT2D eigenvalue weighted by Gasteiger charge is 2.41. The molecule has 0 aromatic heterocycles. The molecular formula is C17H24O. The summed E-state index contributed by atoms with van der Waals surface area (Å²) in [7, 11) is 0. The lowest BCUT2D eigenvalue weighted by molar-refractivity contribution is 0.0122. The summed E-state index contributed by atoms with van der Waals surface area (Å²) >= 11 is 0. The molecule has 0 heterocycles. The van der Waals surface area contributed by atoms with E-state index in [2.05, 4.69) is 31.2 Å². The van der Waals surface area contributed by atoms with Gasteiger partial charge in [-0.3, -0.25) is 0 Å². The van der Waals surface area contributed by atoms with Gasteiger partial charge in [0.2, 0.25) is 0 Å². The molecule has 1 saturated carbocycles. The summed E-state index contributed by atoms with van der Waals surface area (Å²) in [5, 5.41) is 10.7. The Morgan fingerprint density at radius 1 is 1.28 bits per heavy atom. The maximum atomic E-state index is 10.7. The van der Waals surface area contributed by atoms with Crippen LogP contribution < -0.4 is 0 Å².